The number of likely N-dealkylation sites (tertiary alicyclic amines) is 1. The van der Waals surface area contributed by atoms with E-state index in [1.54, 1.807) is 17.6 Å². The Balaban J connectivity index is 1.55. The predicted molar refractivity (Wildman–Crippen MR) is 89.2 cm³/mol. The molecule has 3 N–H and O–H groups in total. The first kappa shape index (κ1) is 16.2. The molecule has 0 aromatic carbocycles. The third-order valence-corrected chi connectivity index (χ3v) is 4.44. The van der Waals surface area contributed by atoms with E-state index in [1.165, 1.54) is 16.2 Å². The number of rotatable bonds is 5. The van der Waals surface area contributed by atoms with Crippen molar-refractivity contribution >= 4 is 34.3 Å². The van der Waals surface area contributed by atoms with E-state index in [4.69, 9.17) is 10.5 Å². The average Bonchev–Trinajstić information content (AvgIpc) is 3.23. The molecule has 0 bridgehead atoms. The largest absolute Gasteiger partial charge is 0.459 e. The van der Waals surface area contributed by atoms with Gasteiger partial charge in [0.05, 0.1) is 6.04 Å². The Labute approximate surface area is 142 Å². The van der Waals surface area contributed by atoms with Crippen LogP contribution in [0.2, 0.25) is 0 Å². The molecule has 0 radical (unpaired) electrons. The van der Waals surface area contributed by atoms with Gasteiger partial charge in [-0.2, -0.15) is 0 Å². The third-order valence-electron chi connectivity index (χ3n) is 3.68. The number of hydrogen-bond acceptors (Lipinski definition) is 7. The van der Waals surface area contributed by atoms with Crippen LogP contribution in [0.4, 0.5) is 15.7 Å². The van der Waals surface area contributed by atoms with Gasteiger partial charge >= 0.3 is 12.0 Å². The number of ether oxygens (including phenoxy) is 1. The summed E-state index contributed by atoms with van der Waals surface area (Å²) < 4.78 is 5.27. The molecule has 3 rings (SSSR count). The molecule has 1 saturated heterocycles. The number of urea groups is 1. The number of thiazole rings is 1. The summed E-state index contributed by atoms with van der Waals surface area (Å²) >= 11 is 1.29. The number of carbonyl (C=O) groups excluding carboxylic acids is 2. The molecule has 1 fully saturated rings. The Kier molecular flexibility index (Phi) is 4.90. The lowest BCUT2D eigenvalue weighted by atomic mass is 10.2. The Morgan fingerprint density at radius 3 is 3.08 bits per heavy atom. The molecule has 0 saturated carbocycles. The van der Waals surface area contributed by atoms with Gasteiger partial charge in [0.25, 0.3) is 0 Å². The van der Waals surface area contributed by atoms with Crippen LogP contribution in [0.5, 0.6) is 0 Å². The molecular weight excluding hydrogens is 330 g/mol. The van der Waals surface area contributed by atoms with Crippen LogP contribution in [-0.2, 0) is 4.74 Å². The maximum atomic E-state index is 12.1. The lowest BCUT2D eigenvalue weighted by Crippen LogP contribution is -2.42. The summed E-state index contributed by atoms with van der Waals surface area (Å²) in [5.41, 5.74) is 5.53. The molecule has 8 nitrogen and oxygen atoms in total. The Morgan fingerprint density at radius 1 is 1.46 bits per heavy atom. The highest BCUT2D eigenvalue weighted by Gasteiger charge is 2.28. The minimum atomic E-state index is -0.517. The number of nitrogens with one attached hydrogen (secondary N) is 1. The van der Waals surface area contributed by atoms with Gasteiger partial charge in [-0.15, -0.1) is 11.3 Å². The highest BCUT2D eigenvalue weighted by molar-refractivity contribution is 7.14. The van der Waals surface area contributed by atoms with Gasteiger partial charge in [-0.3, -0.25) is 0 Å². The van der Waals surface area contributed by atoms with Crippen molar-refractivity contribution in [2.24, 2.45) is 5.73 Å². The topological polar surface area (TPSA) is 110 Å². The number of aromatic nitrogens is 2. The molecule has 1 aliphatic rings. The monoisotopic (exact) mass is 347 g/mol. The number of nitrogens with zero attached hydrogens (tertiary/aromatic N) is 3. The lowest BCUT2D eigenvalue weighted by molar-refractivity contribution is 0.0416. The van der Waals surface area contributed by atoms with Crippen molar-refractivity contribution in [3.63, 3.8) is 0 Å². The second-order valence-electron chi connectivity index (χ2n) is 5.30. The summed E-state index contributed by atoms with van der Waals surface area (Å²) in [6.45, 7) is 0.731. The Bertz CT molecular complexity index is 721. The van der Waals surface area contributed by atoms with Crippen molar-refractivity contribution < 1.29 is 14.3 Å². The van der Waals surface area contributed by atoms with Crippen LogP contribution in [0.1, 0.15) is 23.3 Å². The van der Waals surface area contributed by atoms with Gasteiger partial charge in [0.2, 0.25) is 0 Å². The molecule has 9 heteroatoms. The normalized spacial score (nSPS) is 16.8. The van der Waals surface area contributed by atoms with E-state index in [1.807, 2.05) is 12.1 Å². The highest BCUT2D eigenvalue weighted by atomic mass is 32.1. The second-order valence-corrected chi connectivity index (χ2v) is 6.16. The van der Waals surface area contributed by atoms with E-state index in [2.05, 4.69) is 15.3 Å². The van der Waals surface area contributed by atoms with Gasteiger partial charge in [0, 0.05) is 18.1 Å². The molecule has 126 valence electrons. The van der Waals surface area contributed by atoms with Crippen molar-refractivity contribution in [2.75, 3.05) is 18.5 Å². The van der Waals surface area contributed by atoms with E-state index < -0.39 is 12.0 Å². The first-order valence-corrected chi connectivity index (χ1v) is 8.38. The molecule has 3 heterocycles. The van der Waals surface area contributed by atoms with E-state index in [0.717, 1.165) is 12.8 Å². The fourth-order valence-corrected chi connectivity index (χ4v) is 3.20. The zero-order valence-corrected chi connectivity index (χ0v) is 13.7. The summed E-state index contributed by atoms with van der Waals surface area (Å²) in [5, 5.41) is 5.19. The van der Waals surface area contributed by atoms with E-state index >= 15 is 0 Å². The molecule has 24 heavy (non-hydrogen) atoms. The maximum absolute atomic E-state index is 12.1. The molecule has 1 aliphatic heterocycles. The number of nitrogens with two attached hydrogens (primary N) is 1. The first-order valence-electron chi connectivity index (χ1n) is 7.50. The Hall–Kier alpha value is -2.68. The van der Waals surface area contributed by atoms with E-state index in [9.17, 15) is 9.59 Å². The molecule has 2 aromatic heterocycles. The van der Waals surface area contributed by atoms with Gasteiger partial charge in [-0.05, 0) is 25.0 Å². The fraction of sp³-hybridized carbons (Fsp3) is 0.333. The number of anilines is 2. The summed E-state index contributed by atoms with van der Waals surface area (Å²) in [6.07, 6.45) is 3.30. The average molecular weight is 347 g/mol. The minimum absolute atomic E-state index is 0.127. The van der Waals surface area contributed by atoms with Crippen LogP contribution >= 0.6 is 11.3 Å². The van der Waals surface area contributed by atoms with Crippen molar-refractivity contribution in [3.8, 4) is 0 Å². The van der Waals surface area contributed by atoms with Crippen LogP contribution < -0.4 is 11.1 Å². The molecule has 0 unspecified atom stereocenters. The summed E-state index contributed by atoms with van der Waals surface area (Å²) in [5.74, 6) is 0.131. The number of amides is 2. The van der Waals surface area contributed by atoms with Crippen LogP contribution in [0.25, 0.3) is 0 Å². The molecule has 2 amide bonds. The number of esters is 1. The van der Waals surface area contributed by atoms with E-state index in [-0.39, 0.29) is 18.3 Å². The van der Waals surface area contributed by atoms with Crippen LogP contribution in [0.3, 0.4) is 0 Å². The van der Waals surface area contributed by atoms with Crippen molar-refractivity contribution in [1.29, 1.82) is 0 Å². The second kappa shape index (κ2) is 7.26. The van der Waals surface area contributed by atoms with Crippen LogP contribution in [0.15, 0.2) is 29.8 Å². The van der Waals surface area contributed by atoms with Crippen LogP contribution in [0, 0.1) is 0 Å². The van der Waals surface area contributed by atoms with Crippen molar-refractivity contribution in [1.82, 2.24) is 14.9 Å². The number of pyridine rings is 1. The Morgan fingerprint density at radius 2 is 2.33 bits per heavy atom. The van der Waals surface area contributed by atoms with Gasteiger partial charge in [0.15, 0.2) is 10.8 Å². The number of primary amides is 1. The van der Waals surface area contributed by atoms with Gasteiger partial charge < -0.3 is 20.7 Å². The SMILES string of the molecule is NC(=O)N1CCC[C@H]1COC(=O)c1csc(Nc2ccccn2)n1. The quantitative estimate of drug-likeness (QED) is 0.800. The lowest BCUT2D eigenvalue weighted by Gasteiger charge is -2.21. The molecule has 1 atom stereocenters. The summed E-state index contributed by atoms with van der Waals surface area (Å²) in [7, 11) is 0. The van der Waals surface area contributed by atoms with Crippen molar-refractivity contribution in [2.45, 2.75) is 18.9 Å². The predicted octanol–water partition coefficient (Wildman–Crippen LogP) is 1.98. The summed E-state index contributed by atoms with van der Waals surface area (Å²) in [4.78, 5) is 33.2. The van der Waals surface area contributed by atoms with Crippen LogP contribution in [-0.4, -0.2) is 46.1 Å². The molecule has 0 spiro atoms. The third kappa shape index (κ3) is 3.80. The van der Waals surface area contributed by atoms with Crippen molar-refractivity contribution in [3.05, 3.63) is 35.5 Å². The maximum Gasteiger partial charge on any atom is 0.357 e. The van der Waals surface area contributed by atoms with Gasteiger partial charge in [-0.1, -0.05) is 6.07 Å². The number of hydrogen-bond donors (Lipinski definition) is 2. The first-order chi connectivity index (χ1) is 11.6. The number of carbonyl (C=O) groups is 2. The zero-order valence-electron chi connectivity index (χ0n) is 12.8. The van der Waals surface area contributed by atoms with Gasteiger partial charge in [0.1, 0.15) is 12.4 Å². The smallest absolute Gasteiger partial charge is 0.357 e. The standard InChI is InChI=1S/C15H17N5O3S/c16-14(22)20-7-3-4-10(20)8-23-13(21)11-9-24-15(18-11)19-12-5-1-2-6-17-12/h1-2,5-6,9-10H,3-4,7-8H2,(H2,16,22)(H,17,18,19)/t10-/m0/s1. The summed E-state index contributed by atoms with van der Waals surface area (Å²) in [6, 6.07) is 4.83. The highest BCUT2D eigenvalue weighted by Crippen LogP contribution is 2.21. The molecular formula is C15H17N5O3S. The zero-order chi connectivity index (χ0) is 16.9. The fourth-order valence-electron chi connectivity index (χ4n) is 2.52. The molecule has 0 aliphatic carbocycles. The molecule has 2 aromatic rings. The minimum Gasteiger partial charge on any atom is -0.459 e. The van der Waals surface area contributed by atoms with E-state index in [0.29, 0.717) is 17.5 Å². The van der Waals surface area contributed by atoms with Gasteiger partial charge in [-0.25, -0.2) is 19.6 Å².